The van der Waals surface area contributed by atoms with Gasteiger partial charge in [-0.1, -0.05) is 15.9 Å². The van der Waals surface area contributed by atoms with E-state index in [1.165, 1.54) is 12.8 Å². The average molecular weight is 326 g/mol. The van der Waals surface area contributed by atoms with Crippen molar-refractivity contribution in [2.24, 2.45) is 5.92 Å². The summed E-state index contributed by atoms with van der Waals surface area (Å²) in [6.07, 6.45) is 3.77. The molecule has 0 bridgehead atoms. The number of carboxylic acids is 1. The highest BCUT2D eigenvalue weighted by Gasteiger charge is 2.40. The number of aromatic carboxylic acids is 1. The van der Waals surface area contributed by atoms with Crippen molar-refractivity contribution in [3.63, 3.8) is 0 Å². The van der Waals surface area contributed by atoms with Gasteiger partial charge in [0.15, 0.2) is 0 Å². The van der Waals surface area contributed by atoms with Crippen molar-refractivity contribution >= 4 is 27.6 Å². The second-order valence-corrected chi connectivity index (χ2v) is 6.16. The topological polar surface area (TPSA) is 58.6 Å². The summed E-state index contributed by atoms with van der Waals surface area (Å²) in [5.41, 5.74) is 1.13. The molecule has 2 N–H and O–H groups in total. The van der Waals surface area contributed by atoms with Gasteiger partial charge in [0.05, 0.1) is 17.7 Å². The molecule has 1 heterocycles. The predicted octanol–water partition coefficient (Wildman–Crippen LogP) is 3.13. The molecule has 0 radical (unpaired) electrons. The van der Waals surface area contributed by atoms with Crippen LogP contribution in [-0.4, -0.2) is 29.8 Å². The molecule has 1 aliphatic carbocycles. The fourth-order valence-electron chi connectivity index (χ4n) is 2.67. The van der Waals surface area contributed by atoms with Gasteiger partial charge in [-0.25, -0.2) is 4.79 Å². The van der Waals surface area contributed by atoms with E-state index in [1.54, 1.807) is 12.1 Å². The number of halogens is 1. The Balaban J connectivity index is 1.76. The molecule has 102 valence electrons. The van der Waals surface area contributed by atoms with Gasteiger partial charge in [0.25, 0.3) is 0 Å². The van der Waals surface area contributed by atoms with Gasteiger partial charge >= 0.3 is 5.97 Å². The summed E-state index contributed by atoms with van der Waals surface area (Å²) in [5.74, 6) is -0.225. The first-order valence-electron chi connectivity index (χ1n) is 6.55. The first-order valence-corrected chi connectivity index (χ1v) is 7.35. The zero-order valence-corrected chi connectivity index (χ0v) is 12.0. The predicted molar refractivity (Wildman–Crippen MR) is 75.6 cm³/mol. The van der Waals surface area contributed by atoms with Crippen LogP contribution in [-0.2, 0) is 4.74 Å². The maximum absolute atomic E-state index is 11.1. The summed E-state index contributed by atoms with van der Waals surface area (Å²) in [4.78, 5) is 11.1. The maximum atomic E-state index is 11.1. The van der Waals surface area contributed by atoms with Crippen LogP contribution in [0.1, 0.15) is 29.6 Å². The van der Waals surface area contributed by atoms with Crippen LogP contribution in [0.4, 0.5) is 5.69 Å². The molecular formula is C14H16BrNO3. The molecule has 1 aliphatic heterocycles. The van der Waals surface area contributed by atoms with Crippen LogP contribution < -0.4 is 5.32 Å². The third-order valence-electron chi connectivity index (χ3n) is 3.72. The molecule has 1 saturated heterocycles. The zero-order chi connectivity index (χ0) is 13.4. The van der Waals surface area contributed by atoms with E-state index in [9.17, 15) is 4.79 Å². The SMILES string of the molecule is O=C(O)c1cc(Br)cc(NC2CCOC2C2CC2)c1. The first-order chi connectivity index (χ1) is 9.13. The van der Waals surface area contributed by atoms with E-state index in [0.717, 1.165) is 23.2 Å². The normalized spacial score (nSPS) is 26.4. The molecule has 2 fully saturated rings. The van der Waals surface area contributed by atoms with E-state index in [2.05, 4.69) is 21.2 Å². The Kier molecular flexibility index (Phi) is 3.50. The summed E-state index contributed by atoms with van der Waals surface area (Å²) in [6, 6.07) is 5.49. The largest absolute Gasteiger partial charge is 0.478 e. The Morgan fingerprint density at radius 1 is 1.32 bits per heavy atom. The number of carboxylic acid groups (broad SMARTS) is 1. The minimum Gasteiger partial charge on any atom is -0.478 e. The highest BCUT2D eigenvalue weighted by molar-refractivity contribution is 9.10. The number of anilines is 1. The monoisotopic (exact) mass is 325 g/mol. The van der Waals surface area contributed by atoms with Gasteiger partial charge in [-0.2, -0.15) is 0 Å². The van der Waals surface area contributed by atoms with Gasteiger partial charge < -0.3 is 15.2 Å². The fourth-order valence-corrected chi connectivity index (χ4v) is 3.16. The third kappa shape index (κ3) is 2.92. The van der Waals surface area contributed by atoms with Crippen LogP contribution in [0.2, 0.25) is 0 Å². The van der Waals surface area contributed by atoms with Crippen LogP contribution in [0.25, 0.3) is 0 Å². The number of hydrogen-bond donors (Lipinski definition) is 2. The highest BCUT2D eigenvalue weighted by Crippen LogP contribution is 2.39. The number of benzene rings is 1. The van der Waals surface area contributed by atoms with Crippen molar-refractivity contribution in [1.29, 1.82) is 0 Å². The van der Waals surface area contributed by atoms with E-state index < -0.39 is 5.97 Å². The van der Waals surface area contributed by atoms with Gasteiger partial charge in [0.1, 0.15) is 0 Å². The smallest absolute Gasteiger partial charge is 0.335 e. The lowest BCUT2D eigenvalue weighted by Gasteiger charge is -2.21. The molecule has 0 amide bonds. The van der Waals surface area contributed by atoms with E-state index in [-0.39, 0.29) is 6.10 Å². The molecule has 2 unspecified atom stereocenters. The molecule has 1 aromatic carbocycles. The van der Waals surface area contributed by atoms with E-state index in [4.69, 9.17) is 9.84 Å². The number of ether oxygens (including phenoxy) is 1. The highest BCUT2D eigenvalue weighted by atomic mass is 79.9. The van der Waals surface area contributed by atoms with Crippen LogP contribution in [0.5, 0.6) is 0 Å². The van der Waals surface area contributed by atoms with Crippen molar-refractivity contribution in [2.45, 2.75) is 31.4 Å². The summed E-state index contributed by atoms with van der Waals surface area (Å²) in [6.45, 7) is 0.790. The van der Waals surface area contributed by atoms with Gasteiger partial charge in [0.2, 0.25) is 0 Å². The molecule has 3 rings (SSSR count). The van der Waals surface area contributed by atoms with Crippen molar-refractivity contribution < 1.29 is 14.6 Å². The number of hydrogen-bond acceptors (Lipinski definition) is 3. The first kappa shape index (κ1) is 12.9. The van der Waals surface area contributed by atoms with Gasteiger partial charge in [-0.3, -0.25) is 0 Å². The molecule has 5 heteroatoms. The standard InChI is InChI=1S/C14H16BrNO3/c15-10-5-9(14(17)18)6-11(7-10)16-12-3-4-19-13(12)8-1-2-8/h5-8,12-13,16H,1-4H2,(H,17,18). The molecule has 4 nitrogen and oxygen atoms in total. The van der Waals surface area contributed by atoms with Gasteiger partial charge in [-0.05, 0) is 43.4 Å². The molecular weight excluding hydrogens is 310 g/mol. The number of carbonyl (C=O) groups is 1. The lowest BCUT2D eigenvalue weighted by Crippen LogP contribution is -2.31. The Morgan fingerprint density at radius 2 is 2.11 bits per heavy atom. The van der Waals surface area contributed by atoms with Gasteiger partial charge in [-0.15, -0.1) is 0 Å². The summed E-state index contributed by atoms with van der Waals surface area (Å²) in [5, 5.41) is 12.5. The van der Waals surface area contributed by atoms with Crippen molar-refractivity contribution in [3.05, 3.63) is 28.2 Å². The second-order valence-electron chi connectivity index (χ2n) is 5.25. The van der Waals surface area contributed by atoms with Crippen LogP contribution in [0.3, 0.4) is 0 Å². The van der Waals surface area contributed by atoms with Crippen molar-refractivity contribution in [1.82, 2.24) is 0 Å². The molecule has 1 aromatic rings. The van der Waals surface area contributed by atoms with Crippen LogP contribution >= 0.6 is 15.9 Å². The Hall–Kier alpha value is -1.07. The van der Waals surface area contributed by atoms with E-state index in [0.29, 0.717) is 17.5 Å². The third-order valence-corrected chi connectivity index (χ3v) is 4.18. The summed E-state index contributed by atoms with van der Waals surface area (Å²) in [7, 11) is 0. The summed E-state index contributed by atoms with van der Waals surface area (Å²) >= 11 is 3.35. The van der Waals surface area contributed by atoms with E-state index >= 15 is 0 Å². The molecule has 2 aliphatic rings. The quantitative estimate of drug-likeness (QED) is 0.892. The number of rotatable bonds is 4. The Labute approximate surface area is 120 Å². The second kappa shape index (κ2) is 5.13. The lowest BCUT2D eigenvalue weighted by atomic mass is 10.1. The zero-order valence-electron chi connectivity index (χ0n) is 10.4. The minimum absolute atomic E-state index is 0.284. The molecule has 1 saturated carbocycles. The molecule has 0 spiro atoms. The number of nitrogens with one attached hydrogen (secondary N) is 1. The van der Waals surface area contributed by atoms with Crippen LogP contribution in [0.15, 0.2) is 22.7 Å². The average Bonchev–Trinajstić information content (AvgIpc) is 3.10. The fraction of sp³-hybridized carbons (Fsp3) is 0.500. The van der Waals surface area contributed by atoms with Crippen molar-refractivity contribution in [2.75, 3.05) is 11.9 Å². The molecule has 19 heavy (non-hydrogen) atoms. The van der Waals surface area contributed by atoms with Crippen molar-refractivity contribution in [3.8, 4) is 0 Å². The summed E-state index contributed by atoms with van der Waals surface area (Å²) < 4.78 is 6.55. The Bertz CT molecular complexity index is 501. The maximum Gasteiger partial charge on any atom is 0.335 e. The van der Waals surface area contributed by atoms with Gasteiger partial charge in [0, 0.05) is 16.8 Å². The minimum atomic E-state index is -0.911. The Morgan fingerprint density at radius 3 is 2.79 bits per heavy atom. The molecule has 2 atom stereocenters. The van der Waals surface area contributed by atoms with Crippen LogP contribution in [0, 0.1) is 5.92 Å². The lowest BCUT2D eigenvalue weighted by molar-refractivity contribution is 0.0697. The van der Waals surface area contributed by atoms with E-state index in [1.807, 2.05) is 6.07 Å². The molecule has 0 aromatic heterocycles.